The summed E-state index contributed by atoms with van der Waals surface area (Å²) >= 11 is 0. The van der Waals surface area contributed by atoms with E-state index in [0.717, 1.165) is 16.8 Å². The summed E-state index contributed by atoms with van der Waals surface area (Å²) in [6, 6.07) is 6.00. The summed E-state index contributed by atoms with van der Waals surface area (Å²) in [4.78, 5) is 19.9. The van der Waals surface area contributed by atoms with Crippen LogP contribution in [0.25, 0.3) is 0 Å². The number of pyridine rings is 1. The van der Waals surface area contributed by atoms with Crippen LogP contribution < -0.4 is 5.32 Å². The van der Waals surface area contributed by atoms with Crippen LogP contribution in [-0.2, 0) is 5.54 Å². The van der Waals surface area contributed by atoms with E-state index >= 15 is 0 Å². The van der Waals surface area contributed by atoms with Crippen LogP contribution in [0.5, 0.6) is 0 Å². The summed E-state index contributed by atoms with van der Waals surface area (Å²) in [5.74, 6) is 0.508. The average molecular weight is 283 g/mol. The van der Waals surface area contributed by atoms with Crippen molar-refractivity contribution in [2.45, 2.75) is 45.1 Å². The molecule has 0 radical (unpaired) electrons. The first kappa shape index (κ1) is 13.9. The third-order valence-corrected chi connectivity index (χ3v) is 4.08. The number of nitrogens with one attached hydrogen (secondary N) is 2. The van der Waals surface area contributed by atoms with E-state index in [9.17, 15) is 4.79 Å². The van der Waals surface area contributed by atoms with Gasteiger partial charge in [0, 0.05) is 18.1 Å². The number of aromatic amines is 1. The molecule has 0 bridgehead atoms. The van der Waals surface area contributed by atoms with Crippen molar-refractivity contribution >= 4 is 5.91 Å². The zero-order valence-electron chi connectivity index (χ0n) is 12.7. The van der Waals surface area contributed by atoms with E-state index in [0.29, 0.717) is 11.6 Å². The Balaban J connectivity index is 1.79. The van der Waals surface area contributed by atoms with Crippen LogP contribution in [0.3, 0.4) is 0 Å². The predicted octanol–water partition coefficient (Wildman–Crippen LogP) is 3.26. The lowest BCUT2D eigenvalue weighted by Crippen LogP contribution is -2.41. The zero-order valence-corrected chi connectivity index (χ0v) is 12.7. The van der Waals surface area contributed by atoms with Gasteiger partial charge in [0.2, 0.25) is 0 Å². The molecule has 21 heavy (non-hydrogen) atoms. The lowest BCUT2D eigenvalue weighted by molar-refractivity contribution is 0.0906. The number of carbonyl (C=O) groups excluding carboxylic acids is 1. The van der Waals surface area contributed by atoms with Crippen molar-refractivity contribution < 1.29 is 4.79 Å². The van der Waals surface area contributed by atoms with Gasteiger partial charge < -0.3 is 10.3 Å². The Morgan fingerprint density at radius 3 is 2.71 bits per heavy atom. The lowest BCUT2D eigenvalue weighted by atomic mass is 9.95. The Morgan fingerprint density at radius 2 is 2.10 bits per heavy atom. The molecule has 0 aromatic carbocycles. The molecule has 0 unspecified atom stereocenters. The van der Waals surface area contributed by atoms with Crippen LogP contribution in [0.15, 0.2) is 30.6 Å². The highest BCUT2D eigenvalue weighted by molar-refractivity contribution is 5.94. The molecule has 2 aromatic rings. The van der Waals surface area contributed by atoms with Crippen LogP contribution in [0.4, 0.5) is 0 Å². The number of aryl methyl sites for hydroxylation is 1. The maximum atomic E-state index is 12.6. The van der Waals surface area contributed by atoms with E-state index in [1.807, 2.05) is 51.4 Å². The second-order valence-corrected chi connectivity index (χ2v) is 6.35. The quantitative estimate of drug-likeness (QED) is 0.905. The molecular weight excluding hydrogens is 262 g/mol. The van der Waals surface area contributed by atoms with Gasteiger partial charge in [-0.15, -0.1) is 0 Å². The first-order valence-electron chi connectivity index (χ1n) is 7.40. The van der Waals surface area contributed by atoms with Crippen LogP contribution in [0, 0.1) is 6.92 Å². The topological polar surface area (TPSA) is 57.8 Å². The van der Waals surface area contributed by atoms with Gasteiger partial charge in [-0.25, -0.2) is 0 Å². The maximum absolute atomic E-state index is 12.6. The van der Waals surface area contributed by atoms with Crippen molar-refractivity contribution in [1.82, 2.24) is 15.3 Å². The largest absolute Gasteiger partial charge is 0.357 e. The van der Waals surface area contributed by atoms with E-state index in [-0.39, 0.29) is 5.91 Å². The first-order valence-corrected chi connectivity index (χ1v) is 7.40. The zero-order chi connectivity index (χ0) is 15.0. The maximum Gasteiger partial charge on any atom is 0.268 e. The number of hydrogen-bond donors (Lipinski definition) is 2. The molecule has 1 amide bonds. The molecule has 0 atom stereocenters. The molecular formula is C17H21N3O. The highest BCUT2D eigenvalue weighted by Gasteiger charge is 2.31. The van der Waals surface area contributed by atoms with Gasteiger partial charge in [0.25, 0.3) is 5.91 Å². The minimum atomic E-state index is -0.455. The van der Waals surface area contributed by atoms with Gasteiger partial charge in [0.15, 0.2) is 0 Å². The number of nitrogens with zero attached hydrogens (tertiary/aromatic N) is 1. The molecule has 3 rings (SSSR count). The molecule has 1 fully saturated rings. The molecule has 0 spiro atoms. The van der Waals surface area contributed by atoms with Crippen molar-refractivity contribution in [3.63, 3.8) is 0 Å². The molecule has 1 saturated carbocycles. The number of aromatic nitrogens is 2. The van der Waals surface area contributed by atoms with E-state index < -0.39 is 5.54 Å². The fourth-order valence-electron chi connectivity index (χ4n) is 2.57. The highest BCUT2D eigenvalue weighted by Crippen LogP contribution is 2.41. The standard InChI is InChI=1S/C17H21N3O/c1-11-4-7-13(10-19-11)17(2,3)20-16(21)15-14(8-9-18-15)12-5-6-12/h4,7-10,12,18H,5-6H2,1-3H3,(H,20,21). The summed E-state index contributed by atoms with van der Waals surface area (Å²) in [6.45, 7) is 5.95. The first-order chi connectivity index (χ1) is 9.97. The van der Waals surface area contributed by atoms with E-state index in [1.165, 1.54) is 12.8 Å². The number of carbonyl (C=O) groups is 1. The molecule has 2 aromatic heterocycles. The summed E-state index contributed by atoms with van der Waals surface area (Å²) in [6.07, 6.45) is 6.04. The highest BCUT2D eigenvalue weighted by atomic mass is 16.2. The third kappa shape index (κ3) is 2.84. The van der Waals surface area contributed by atoms with Gasteiger partial charge in [0.05, 0.1) is 5.54 Å². The fraction of sp³-hybridized carbons (Fsp3) is 0.412. The molecule has 2 heterocycles. The minimum absolute atomic E-state index is 0.0486. The lowest BCUT2D eigenvalue weighted by Gasteiger charge is -2.26. The smallest absolute Gasteiger partial charge is 0.268 e. The molecule has 1 aliphatic rings. The second kappa shape index (κ2) is 5.02. The Kier molecular flexibility index (Phi) is 3.32. The van der Waals surface area contributed by atoms with Crippen LogP contribution >= 0.6 is 0 Å². The summed E-state index contributed by atoms with van der Waals surface area (Å²) in [7, 11) is 0. The number of amides is 1. The molecule has 4 heteroatoms. The van der Waals surface area contributed by atoms with Gasteiger partial charge in [-0.1, -0.05) is 6.07 Å². The van der Waals surface area contributed by atoms with E-state index in [2.05, 4.69) is 15.3 Å². The van der Waals surface area contributed by atoms with E-state index in [4.69, 9.17) is 0 Å². The van der Waals surface area contributed by atoms with Crippen molar-refractivity contribution in [2.75, 3.05) is 0 Å². The minimum Gasteiger partial charge on any atom is -0.357 e. The molecule has 4 nitrogen and oxygen atoms in total. The van der Waals surface area contributed by atoms with Gasteiger partial charge in [-0.3, -0.25) is 9.78 Å². The van der Waals surface area contributed by atoms with Gasteiger partial charge in [-0.2, -0.15) is 0 Å². The van der Waals surface area contributed by atoms with Gasteiger partial charge in [0.1, 0.15) is 5.69 Å². The molecule has 1 aliphatic carbocycles. The van der Waals surface area contributed by atoms with E-state index in [1.54, 1.807) is 0 Å². The number of H-pyrrole nitrogens is 1. The molecule has 110 valence electrons. The van der Waals surface area contributed by atoms with Gasteiger partial charge >= 0.3 is 0 Å². The Bertz CT molecular complexity index is 651. The molecule has 2 N–H and O–H groups in total. The fourth-order valence-corrected chi connectivity index (χ4v) is 2.57. The predicted molar refractivity (Wildman–Crippen MR) is 82.2 cm³/mol. The van der Waals surface area contributed by atoms with Crippen LogP contribution in [0.1, 0.15) is 59.9 Å². The normalized spacial score (nSPS) is 15.0. The monoisotopic (exact) mass is 283 g/mol. The third-order valence-electron chi connectivity index (χ3n) is 4.08. The van der Waals surface area contributed by atoms with Crippen molar-refractivity contribution in [2.24, 2.45) is 0 Å². The molecule has 0 saturated heterocycles. The Morgan fingerprint density at radius 1 is 1.33 bits per heavy atom. The van der Waals surface area contributed by atoms with Crippen molar-refractivity contribution in [1.29, 1.82) is 0 Å². The van der Waals surface area contributed by atoms with Crippen molar-refractivity contribution in [3.05, 3.63) is 53.1 Å². The summed E-state index contributed by atoms with van der Waals surface area (Å²) < 4.78 is 0. The van der Waals surface area contributed by atoms with Crippen molar-refractivity contribution in [3.8, 4) is 0 Å². The SMILES string of the molecule is Cc1ccc(C(C)(C)NC(=O)c2[nH]ccc2C2CC2)cn1. The summed E-state index contributed by atoms with van der Waals surface area (Å²) in [5.41, 5.74) is 3.36. The van der Waals surface area contributed by atoms with Crippen LogP contribution in [-0.4, -0.2) is 15.9 Å². The average Bonchev–Trinajstić information content (AvgIpc) is 3.15. The Hall–Kier alpha value is -2.10. The summed E-state index contributed by atoms with van der Waals surface area (Å²) in [5, 5.41) is 3.11. The Labute approximate surface area is 125 Å². The second-order valence-electron chi connectivity index (χ2n) is 6.35. The van der Waals surface area contributed by atoms with Gasteiger partial charge in [-0.05, 0) is 62.8 Å². The number of hydrogen-bond acceptors (Lipinski definition) is 2. The van der Waals surface area contributed by atoms with Crippen LogP contribution in [0.2, 0.25) is 0 Å². The molecule has 0 aliphatic heterocycles. The number of rotatable bonds is 4.